The van der Waals surface area contributed by atoms with Crippen molar-refractivity contribution in [3.8, 4) is 0 Å². The monoisotopic (exact) mass is 269 g/mol. The highest BCUT2D eigenvalue weighted by Gasteiger charge is 2.35. The number of hydrogen-bond acceptors (Lipinski definition) is 3. The molecular weight excluding hydrogens is 258 g/mol. The molecule has 2 atom stereocenters. The molecule has 0 aromatic heterocycles. The van der Waals surface area contributed by atoms with E-state index in [1.54, 1.807) is 24.3 Å². The summed E-state index contributed by atoms with van der Waals surface area (Å²) >= 11 is 5.90. The lowest BCUT2D eigenvalue weighted by molar-refractivity contribution is -0.148. The van der Waals surface area contributed by atoms with E-state index in [2.05, 4.69) is 5.32 Å². The molecule has 1 aliphatic rings. The van der Waals surface area contributed by atoms with Crippen molar-refractivity contribution in [2.75, 3.05) is 6.61 Å². The maximum Gasteiger partial charge on any atom is 0.334 e. The SMILES string of the molecule is O=C(N[C@H]1CCO[C@H]1C(=O)O)c1ccccc1Cl. The summed E-state index contributed by atoms with van der Waals surface area (Å²) in [5.74, 6) is -1.46. The van der Waals surface area contributed by atoms with Crippen molar-refractivity contribution in [2.24, 2.45) is 0 Å². The summed E-state index contributed by atoms with van der Waals surface area (Å²) in [5.41, 5.74) is 0.329. The van der Waals surface area contributed by atoms with Gasteiger partial charge in [0.05, 0.1) is 16.6 Å². The topological polar surface area (TPSA) is 75.6 Å². The molecule has 0 saturated carbocycles. The van der Waals surface area contributed by atoms with Crippen molar-refractivity contribution in [3.05, 3.63) is 34.9 Å². The number of nitrogens with one attached hydrogen (secondary N) is 1. The van der Waals surface area contributed by atoms with E-state index in [1.807, 2.05) is 0 Å². The van der Waals surface area contributed by atoms with Gasteiger partial charge in [-0.1, -0.05) is 23.7 Å². The van der Waals surface area contributed by atoms with Crippen LogP contribution in [-0.2, 0) is 9.53 Å². The lowest BCUT2D eigenvalue weighted by Crippen LogP contribution is -2.44. The fourth-order valence-corrected chi connectivity index (χ4v) is 2.09. The molecule has 18 heavy (non-hydrogen) atoms. The van der Waals surface area contributed by atoms with Gasteiger partial charge in [-0.15, -0.1) is 0 Å². The lowest BCUT2D eigenvalue weighted by Gasteiger charge is -2.16. The number of carboxylic acids is 1. The minimum absolute atomic E-state index is 0.324. The Morgan fingerprint density at radius 2 is 2.11 bits per heavy atom. The maximum atomic E-state index is 11.9. The van der Waals surface area contributed by atoms with Gasteiger partial charge in [0.2, 0.25) is 0 Å². The van der Waals surface area contributed by atoms with E-state index in [0.29, 0.717) is 23.6 Å². The molecule has 1 heterocycles. The molecule has 0 unspecified atom stereocenters. The molecule has 1 aromatic rings. The predicted molar refractivity (Wildman–Crippen MR) is 64.7 cm³/mol. The van der Waals surface area contributed by atoms with Gasteiger partial charge in [0, 0.05) is 6.61 Å². The summed E-state index contributed by atoms with van der Waals surface area (Å²) in [6.07, 6.45) is -0.510. The number of hydrogen-bond donors (Lipinski definition) is 2. The van der Waals surface area contributed by atoms with E-state index in [0.717, 1.165) is 0 Å². The first-order valence-corrected chi connectivity index (χ1v) is 5.87. The Labute approximate surface area is 109 Å². The summed E-state index contributed by atoms with van der Waals surface area (Å²) < 4.78 is 5.05. The van der Waals surface area contributed by atoms with E-state index in [-0.39, 0.29) is 5.91 Å². The molecular formula is C12H12ClNO4. The maximum absolute atomic E-state index is 11.9. The van der Waals surface area contributed by atoms with Crippen LogP contribution in [0.3, 0.4) is 0 Å². The quantitative estimate of drug-likeness (QED) is 0.868. The molecule has 1 aromatic carbocycles. The van der Waals surface area contributed by atoms with Crippen LogP contribution in [0.15, 0.2) is 24.3 Å². The third kappa shape index (κ3) is 2.63. The second-order valence-electron chi connectivity index (χ2n) is 3.98. The number of aliphatic carboxylic acids is 1. The van der Waals surface area contributed by atoms with Gasteiger partial charge >= 0.3 is 5.97 Å². The molecule has 5 nitrogen and oxygen atoms in total. The highest BCUT2D eigenvalue weighted by atomic mass is 35.5. The largest absolute Gasteiger partial charge is 0.479 e. The average Bonchev–Trinajstić information content (AvgIpc) is 2.77. The minimum atomic E-state index is -1.07. The van der Waals surface area contributed by atoms with Crippen molar-refractivity contribution in [2.45, 2.75) is 18.6 Å². The number of carbonyl (C=O) groups is 2. The van der Waals surface area contributed by atoms with Crippen molar-refractivity contribution < 1.29 is 19.4 Å². The Kier molecular flexibility index (Phi) is 3.84. The molecule has 6 heteroatoms. The second-order valence-corrected chi connectivity index (χ2v) is 4.39. The molecule has 1 fully saturated rings. The van der Waals surface area contributed by atoms with Gasteiger partial charge in [-0.05, 0) is 18.6 Å². The Balaban J connectivity index is 2.08. The van der Waals surface area contributed by atoms with Crippen molar-refractivity contribution in [3.63, 3.8) is 0 Å². The van der Waals surface area contributed by atoms with Gasteiger partial charge in [0.25, 0.3) is 5.91 Å². The number of ether oxygens (including phenoxy) is 1. The summed E-state index contributed by atoms with van der Waals surface area (Å²) in [7, 11) is 0. The highest BCUT2D eigenvalue weighted by Crippen LogP contribution is 2.18. The van der Waals surface area contributed by atoms with Crippen LogP contribution in [-0.4, -0.2) is 35.7 Å². The van der Waals surface area contributed by atoms with Crippen molar-refractivity contribution in [1.82, 2.24) is 5.32 Å². The summed E-state index contributed by atoms with van der Waals surface area (Å²) in [6.45, 7) is 0.324. The van der Waals surface area contributed by atoms with Crippen LogP contribution in [0.1, 0.15) is 16.8 Å². The highest BCUT2D eigenvalue weighted by molar-refractivity contribution is 6.33. The van der Waals surface area contributed by atoms with Crippen LogP contribution >= 0.6 is 11.6 Å². The lowest BCUT2D eigenvalue weighted by atomic mass is 10.1. The molecule has 0 aliphatic carbocycles. The smallest absolute Gasteiger partial charge is 0.334 e. The Hall–Kier alpha value is -1.59. The third-order valence-electron chi connectivity index (χ3n) is 2.77. The van der Waals surface area contributed by atoms with Crippen LogP contribution in [0, 0.1) is 0 Å². The second kappa shape index (κ2) is 5.37. The molecule has 1 saturated heterocycles. The fourth-order valence-electron chi connectivity index (χ4n) is 1.87. The molecule has 2 rings (SSSR count). The van der Waals surface area contributed by atoms with Gasteiger partial charge < -0.3 is 15.2 Å². The molecule has 96 valence electrons. The van der Waals surface area contributed by atoms with Gasteiger partial charge in [-0.2, -0.15) is 0 Å². The summed E-state index contributed by atoms with van der Waals surface area (Å²) in [5, 5.41) is 11.9. The van der Waals surface area contributed by atoms with Crippen LogP contribution in [0.5, 0.6) is 0 Å². The zero-order valence-corrected chi connectivity index (χ0v) is 10.2. The Morgan fingerprint density at radius 3 is 2.78 bits per heavy atom. The Bertz CT molecular complexity index is 477. The van der Waals surface area contributed by atoms with Gasteiger partial charge in [0.1, 0.15) is 0 Å². The number of carboxylic acid groups (broad SMARTS) is 1. The number of amides is 1. The average molecular weight is 270 g/mol. The van der Waals surface area contributed by atoms with Crippen LogP contribution in [0.25, 0.3) is 0 Å². The molecule has 2 N–H and O–H groups in total. The standard InChI is InChI=1S/C12H12ClNO4/c13-8-4-2-1-3-7(8)11(15)14-9-5-6-18-10(9)12(16)17/h1-4,9-10H,5-6H2,(H,14,15)(H,16,17)/t9-,10+/m0/s1. The number of rotatable bonds is 3. The first kappa shape index (κ1) is 12.9. The van der Waals surface area contributed by atoms with Gasteiger partial charge in [-0.3, -0.25) is 4.79 Å². The van der Waals surface area contributed by atoms with Crippen molar-refractivity contribution in [1.29, 1.82) is 0 Å². The van der Waals surface area contributed by atoms with Crippen LogP contribution < -0.4 is 5.32 Å². The summed E-state index contributed by atoms with van der Waals surface area (Å²) in [4.78, 5) is 22.8. The fraction of sp³-hybridized carbons (Fsp3) is 0.333. The predicted octanol–water partition coefficient (Wildman–Crippen LogP) is 1.31. The molecule has 1 aliphatic heterocycles. The normalized spacial score (nSPS) is 22.7. The minimum Gasteiger partial charge on any atom is -0.479 e. The first-order valence-electron chi connectivity index (χ1n) is 5.49. The van der Waals surface area contributed by atoms with E-state index in [4.69, 9.17) is 21.4 Å². The Morgan fingerprint density at radius 1 is 1.39 bits per heavy atom. The zero-order chi connectivity index (χ0) is 13.1. The van der Waals surface area contributed by atoms with E-state index < -0.39 is 18.1 Å². The van der Waals surface area contributed by atoms with E-state index in [9.17, 15) is 9.59 Å². The number of halogens is 1. The molecule has 0 radical (unpaired) electrons. The van der Waals surface area contributed by atoms with Crippen molar-refractivity contribution >= 4 is 23.5 Å². The molecule has 0 bridgehead atoms. The van der Waals surface area contributed by atoms with E-state index in [1.165, 1.54) is 0 Å². The van der Waals surface area contributed by atoms with Crippen LogP contribution in [0.2, 0.25) is 5.02 Å². The third-order valence-corrected chi connectivity index (χ3v) is 3.10. The number of carbonyl (C=O) groups excluding carboxylic acids is 1. The first-order chi connectivity index (χ1) is 8.59. The van der Waals surface area contributed by atoms with Gasteiger partial charge in [0.15, 0.2) is 6.10 Å². The van der Waals surface area contributed by atoms with Gasteiger partial charge in [-0.25, -0.2) is 4.79 Å². The summed E-state index contributed by atoms with van der Waals surface area (Å²) in [6, 6.07) is 6.09. The van der Waals surface area contributed by atoms with E-state index >= 15 is 0 Å². The number of benzene rings is 1. The molecule has 1 amide bonds. The zero-order valence-electron chi connectivity index (χ0n) is 9.43. The van der Waals surface area contributed by atoms with Crippen LogP contribution in [0.4, 0.5) is 0 Å². The molecule has 0 spiro atoms.